The van der Waals surface area contributed by atoms with Crippen molar-refractivity contribution >= 4 is 11.3 Å². The largest absolute Gasteiger partial charge is 0.508 e. The molecule has 0 radical (unpaired) electrons. The predicted octanol–water partition coefficient (Wildman–Crippen LogP) is 2.70. The molecule has 0 amide bonds. The van der Waals surface area contributed by atoms with Crippen LogP contribution >= 0.6 is 11.3 Å². The molecule has 0 aliphatic rings. The summed E-state index contributed by atoms with van der Waals surface area (Å²) in [7, 11) is 0. The third kappa shape index (κ3) is 2.72. The highest BCUT2D eigenvalue weighted by Crippen LogP contribution is 2.35. The van der Waals surface area contributed by atoms with Crippen LogP contribution < -0.4 is 0 Å². The summed E-state index contributed by atoms with van der Waals surface area (Å²) < 4.78 is 0. The molecule has 6 heteroatoms. The number of nitrogens with zero attached hydrogens (tertiary/aromatic N) is 2. The molecule has 5 nitrogen and oxygen atoms in total. The van der Waals surface area contributed by atoms with E-state index in [1.807, 2.05) is 30.3 Å². The van der Waals surface area contributed by atoms with E-state index in [-0.39, 0.29) is 11.5 Å². The molecule has 2 aromatic carbocycles. The first-order valence-corrected chi connectivity index (χ1v) is 7.05. The van der Waals surface area contributed by atoms with Crippen molar-refractivity contribution in [3.63, 3.8) is 0 Å². The van der Waals surface area contributed by atoms with Crippen LogP contribution in [0.5, 0.6) is 11.5 Å². The van der Waals surface area contributed by atoms with Gasteiger partial charge < -0.3 is 15.3 Å². The fraction of sp³-hybridized carbons (Fsp3) is 0.0667. The smallest absolute Gasteiger partial charge is 0.151 e. The van der Waals surface area contributed by atoms with Crippen molar-refractivity contribution in [1.29, 1.82) is 0 Å². The van der Waals surface area contributed by atoms with Gasteiger partial charge in [0.15, 0.2) is 10.0 Å². The van der Waals surface area contributed by atoms with Gasteiger partial charge in [0.2, 0.25) is 0 Å². The van der Waals surface area contributed by atoms with E-state index < -0.39 is 6.10 Å². The van der Waals surface area contributed by atoms with Crippen molar-refractivity contribution in [3.8, 4) is 22.1 Å². The number of aliphatic hydroxyl groups is 1. The molecule has 0 saturated carbocycles. The van der Waals surface area contributed by atoms with Gasteiger partial charge in [-0.1, -0.05) is 41.7 Å². The van der Waals surface area contributed by atoms with Crippen molar-refractivity contribution in [2.75, 3.05) is 0 Å². The van der Waals surface area contributed by atoms with Crippen molar-refractivity contribution in [2.45, 2.75) is 6.10 Å². The van der Waals surface area contributed by atoms with Crippen molar-refractivity contribution in [2.24, 2.45) is 0 Å². The molecule has 3 rings (SSSR count). The maximum Gasteiger partial charge on any atom is 0.151 e. The summed E-state index contributed by atoms with van der Waals surface area (Å²) >= 11 is 1.20. The summed E-state index contributed by atoms with van der Waals surface area (Å²) in [5, 5.41) is 38.3. The van der Waals surface area contributed by atoms with Gasteiger partial charge in [-0.3, -0.25) is 0 Å². The van der Waals surface area contributed by atoms with Gasteiger partial charge in [-0.2, -0.15) is 0 Å². The van der Waals surface area contributed by atoms with Gasteiger partial charge in [0.05, 0.1) is 5.56 Å². The van der Waals surface area contributed by atoms with Crippen LogP contribution in [0.4, 0.5) is 0 Å². The number of hydrogen-bond acceptors (Lipinski definition) is 6. The van der Waals surface area contributed by atoms with Gasteiger partial charge in [0, 0.05) is 6.07 Å². The minimum absolute atomic E-state index is 0.0229. The zero-order valence-electron chi connectivity index (χ0n) is 10.8. The Morgan fingerprint density at radius 1 is 0.952 bits per heavy atom. The van der Waals surface area contributed by atoms with E-state index >= 15 is 0 Å². The fourth-order valence-electron chi connectivity index (χ4n) is 1.93. The third-order valence-corrected chi connectivity index (χ3v) is 4.01. The normalized spacial score (nSPS) is 12.2. The Hall–Kier alpha value is -2.44. The molecule has 1 unspecified atom stereocenters. The predicted molar refractivity (Wildman–Crippen MR) is 79.2 cm³/mol. The van der Waals surface area contributed by atoms with Gasteiger partial charge in [-0.05, 0) is 17.7 Å². The van der Waals surface area contributed by atoms with Crippen molar-refractivity contribution in [1.82, 2.24) is 10.2 Å². The van der Waals surface area contributed by atoms with Gasteiger partial charge in [0.25, 0.3) is 0 Å². The first-order valence-electron chi connectivity index (χ1n) is 6.24. The first kappa shape index (κ1) is 13.5. The van der Waals surface area contributed by atoms with E-state index in [1.54, 1.807) is 6.07 Å². The molecule has 0 aliphatic heterocycles. The molecule has 0 saturated heterocycles. The summed E-state index contributed by atoms with van der Waals surface area (Å²) in [5.74, 6) is -0.0998. The van der Waals surface area contributed by atoms with E-state index in [0.717, 1.165) is 5.56 Å². The third-order valence-electron chi connectivity index (χ3n) is 3.00. The highest BCUT2D eigenvalue weighted by molar-refractivity contribution is 7.14. The van der Waals surface area contributed by atoms with Crippen LogP contribution in [-0.2, 0) is 0 Å². The Labute approximate surface area is 124 Å². The van der Waals surface area contributed by atoms with Crippen LogP contribution in [0.1, 0.15) is 16.7 Å². The number of rotatable bonds is 3. The quantitative estimate of drug-likeness (QED) is 0.692. The molecular weight excluding hydrogens is 288 g/mol. The van der Waals surface area contributed by atoms with Crippen LogP contribution in [0, 0.1) is 0 Å². The number of aliphatic hydroxyl groups excluding tert-OH is 1. The summed E-state index contributed by atoms with van der Waals surface area (Å²) in [4.78, 5) is 0. The van der Waals surface area contributed by atoms with Gasteiger partial charge in [-0.25, -0.2) is 0 Å². The number of benzene rings is 2. The number of aromatic hydroxyl groups is 2. The molecule has 0 aliphatic carbocycles. The Bertz CT molecular complexity index is 759. The van der Waals surface area contributed by atoms with E-state index in [2.05, 4.69) is 10.2 Å². The van der Waals surface area contributed by atoms with Gasteiger partial charge in [0.1, 0.15) is 17.6 Å². The number of aromatic nitrogens is 2. The second-order valence-corrected chi connectivity index (χ2v) is 5.47. The van der Waals surface area contributed by atoms with E-state index in [1.165, 1.54) is 23.5 Å². The van der Waals surface area contributed by atoms with Crippen molar-refractivity contribution in [3.05, 3.63) is 59.1 Å². The zero-order valence-corrected chi connectivity index (χ0v) is 11.7. The highest BCUT2D eigenvalue weighted by Gasteiger charge is 2.18. The Kier molecular flexibility index (Phi) is 3.55. The molecule has 0 fully saturated rings. The van der Waals surface area contributed by atoms with Crippen LogP contribution in [0.15, 0.2) is 48.5 Å². The highest BCUT2D eigenvalue weighted by atomic mass is 32.1. The molecule has 21 heavy (non-hydrogen) atoms. The Balaban J connectivity index is 1.93. The second-order valence-electron chi connectivity index (χ2n) is 4.46. The Morgan fingerprint density at radius 2 is 1.71 bits per heavy atom. The summed E-state index contributed by atoms with van der Waals surface area (Å²) in [6, 6.07) is 13.4. The van der Waals surface area contributed by atoms with E-state index in [9.17, 15) is 15.3 Å². The molecule has 1 aromatic heterocycles. The number of phenolic OH excluding ortho intramolecular Hbond substituents is 2. The summed E-state index contributed by atoms with van der Waals surface area (Å²) in [6.07, 6.45) is -0.850. The molecule has 106 valence electrons. The van der Waals surface area contributed by atoms with Gasteiger partial charge >= 0.3 is 0 Å². The molecule has 1 heterocycles. The molecule has 3 N–H and O–H groups in total. The minimum Gasteiger partial charge on any atom is -0.508 e. The maximum atomic E-state index is 10.3. The SMILES string of the molecule is Oc1ccc(-c2nnc(C(O)c3ccccc3)s2)c(O)c1. The fourth-order valence-corrected chi connectivity index (χ4v) is 2.82. The zero-order chi connectivity index (χ0) is 14.8. The summed E-state index contributed by atoms with van der Waals surface area (Å²) in [5.41, 5.74) is 1.20. The van der Waals surface area contributed by atoms with Crippen LogP contribution in [0.25, 0.3) is 10.6 Å². The van der Waals surface area contributed by atoms with Gasteiger partial charge in [-0.15, -0.1) is 10.2 Å². The second kappa shape index (κ2) is 5.51. The standard InChI is InChI=1S/C15H12N2O3S/c18-10-6-7-11(12(19)8-10)14-16-17-15(21-14)13(20)9-4-2-1-3-5-9/h1-8,13,18-20H. The average Bonchev–Trinajstić information content (AvgIpc) is 2.97. The minimum atomic E-state index is -0.850. The number of hydrogen-bond donors (Lipinski definition) is 3. The van der Waals surface area contributed by atoms with Crippen LogP contribution in [0.2, 0.25) is 0 Å². The summed E-state index contributed by atoms with van der Waals surface area (Å²) in [6.45, 7) is 0. The average molecular weight is 300 g/mol. The van der Waals surface area contributed by atoms with Crippen LogP contribution in [-0.4, -0.2) is 25.5 Å². The van der Waals surface area contributed by atoms with E-state index in [0.29, 0.717) is 15.6 Å². The lowest BCUT2D eigenvalue weighted by Gasteiger charge is -2.05. The molecule has 3 aromatic rings. The molecule has 1 atom stereocenters. The first-order chi connectivity index (χ1) is 10.1. The monoisotopic (exact) mass is 300 g/mol. The van der Waals surface area contributed by atoms with Crippen LogP contribution in [0.3, 0.4) is 0 Å². The Morgan fingerprint density at radius 3 is 2.43 bits per heavy atom. The topological polar surface area (TPSA) is 86.5 Å². The molecule has 0 bridgehead atoms. The van der Waals surface area contributed by atoms with E-state index in [4.69, 9.17) is 0 Å². The lowest BCUT2D eigenvalue weighted by atomic mass is 10.1. The lowest BCUT2D eigenvalue weighted by Crippen LogP contribution is -1.98. The maximum absolute atomic E-state index is 10.3. The molecule has 0 spiro atoms. The number of phenols is 2. The van der Waals surface area contributed by atoms with Crippen molar-refractivity contribution < 1.29 is 15.3 Å². The molecular formula is C15H12N2O3S. The lowest BCUT2D eigenvalue weighted by molar-refractivity contribution is 0.219.